The highest BCUT2D eigenvalue weighted by atomic mass is 19.3. The Morgan fingerprint density at radius 2 is 0.797 bits per heavy atom. The number of hydrogen-bond acceptors (Lipinski definition) is 21. The maximum absolute atomic E-state index is 13.7. The molecule has 0 atom stereocenters. The molecule has 3 amide bonds. The van der Waals surface area contributed by atoms with E-state index in [1.807, 2.05) is 83.8 Å². The van der Waals surface area contributed by atoms with Crippen molar-refractivity contribution in [3.05, 3.63) is 268 Å². The fourth-order valence-corrected chi connectivity index (χ4v) is 16.8. The first-order chi connectivity index (χ1) is 59.6. The molecule has 12 aromatic rings. The molecule has 27 nitrogen and oxygen atoms in total. The highest BCUT2D eigenvalue weighted by Gasteiger charge is 2.36. The zero-order chi connectivity index (χ0) is 85.5. The van der Waals surface area contributed by atoms with Crippen LogP contribution in [0.15, 0.2) is 185 Å². The number of benzene rings is 6. The van der Waals surface area contributed by atoms with Gasteiger partial charge in [0.25, 0.3) is 29.6 Å². The van der Waals surface area contributed by atoms with Crippen molar-refractivity contribution in [1.82, 2.24) is 74.7 Å². The zero-order valence-electron chi connectivity index (χ0n) is 68.7. The smallest absolute Gasteiger partial charge is 0.280 e. The summed E-state index contributed by atoms with van der Waals surface area (Å²) in [4.78, 5) is 125. The lowest BCUT2D eigenvalue weighted by molar-refractivity contribution is -0.0635. The molecule has 123 heavy (non-hydrogen) atoms. The number of carbonyl (C=O) groups excluding carboxylic acids is 3. The number of piperidine rings is 2. The first-order valence-corrected chi connectivity index (χ1v) is 41.4. The fourth-order valence-electron chi connectivity index (χ4n) is 16.8. The van der Waals surface area contributed by atoms with Crippen molar-refractivity contribution in [3.63, 3.8) is 0 Å². The number of nitrogens with one attached hydrogen (secondary N) is 6. The molecule has 0 saturated carbocycles. The van der Waals surface area contributed by atoms with E-state index >= 15 is 0 Å². The Morgan fingerprint density at radius 1 is 0.423 bits per heavy atom. The Morgan fingerprint density at radius 3 is 1.16 bits per heavy atom. The number of alkyl halides is 4. The second-order valence-electron chi connectivity index (χ2n) is 31.9. The molecular weight excluding hydrogens is 1580 g/mol. The van der Waals surface area contributed by atoms with Crippen LogP contribution in [0.25, 0.3) is 55.7 Å². The van der Waals surface area contributed by atoms with Crippen molar-refractivity contribution in [2.75, 3.05) is 96.7 Å². The number of pyridine rings is 3. The van der Waals surface area contributed by atoms with Gasteiger partial charge < -0.3 is 39.5 Å². The van der Waals surface area contributed by atoms with E-state index in [4.69, 9.17) is 19.5 Å². The molecule has 9 heterocycles. The van der Waals surface area contributed by atoms with Crippen LogP contribution in [0.2, 0.25) is 0 Å². The Kier molecular flexibility index (Phi) is 25.1. The monoisotopic (exact) mass is 1670 g/mol. The van der Waals surface area contributed by atoms with E-state index in [2.05, 4.69) is 129 Å². The van der Waals surface area contributed by atoms with Crippen LogP contribution in [-0.2, 0) is 65.9 Å². The Balaban J connectivity index is 0.000000137. The summed E-state index contributed by atoms with van der Waals surface area (Å²) in [5, 5.41) is 10.3. The lowest BCUT2D eigenvalue weighted by atomic mass is 9.99. The fraction of sp³-hybridized carbons (Fsp3) is 0.326. The number of aromatic nitrogens is 9. The first-order valence-electron chi connectivity index (χ1n) is 41.4. The minimum atomic E-state index is -2.60. The molecule has 31 heteroatoms. The molecule has 18 rings (SSSR count). The number of fused-ring (bicyclic) bond motifs is 6. The molecule has 6 N–H and O–H groups in total. The second-order valence-corrected chi connectivity index (χ2v) is 31.9. The topological polar surface area (TPSA) is 304 Å². The summed E-state index contributed by atoms with van der Waals surface area (Å²) in [5.41, 5.74) is 23.3. The first kappa shape index (κ1) is 83.9. The van der Waals surface area contributed by atoms with Gasteiger partial charge >= 0.3 is 0 Å². The van der Waals surface area contributed by atoms with Crippen LogP contribution in [0, 0.1) is 0 Å². The second kappa shape index (κ2) is 36.9. The van der Waals surface area contributed by atoms with Gasteiger partial charge in [0.2, 0.25) is 34.1 Å². The maximum atomic E-state index is 13.7. The molecule has 6 aliphatic rings. The van der Waals surface area contributed by atoms with E-state index in [1.165, 1.54) is 103 Å². The Bertz CT molecular complexity index is 6220. The minimum Gasteiger partial charge on any atom is -0.324 e. The van der Waals surface area contributed by atoms with Gasteiger partial charge in [0.1, 0.15) is 16.7 Å². The van der Waals surface area contributed by atoms with E-state index in [-0.39, 0.29) is 64.6 Å². The van der Waals surface area contributed by atoms with Crippen LogP contribution in [0.1, 0.15) is 133 Å². The van der Waals surface area contributed by atoms with Crippen LogP contribution in [0.3, 0.4) is 0 Å². The van der Waals surface area contributed by atoms with E-state index in [9.17, 15) is 46.3 Å². The summed E-state index contributed by atoms with van der Waals surface area (Å²) in [6.45, 7) is 4.69. The van der Waals surface area contributed by atoms with Crippen molar-refractivity contribution >= 4 is 91.3 Å². The molecule has 2 fully saturated rings. The molecule has 3 aliphatic heterocycles. The molecule has 0 bridgehead atoms. The van der Waals surface area contributed by atoms with E-state index in [0.29, 0.717) is 67.9 Å². The number of anilines is 6. The van der Waals surface area contributed by atoms with Crippen LogP contribution in [0.5, 0.6) is 0 Å². The predicted octanol–water partition coefficient (Wildman–Crippen LogP) is 13.2. The molecule has 3 aliphatic carbocycles. The SMILES string of the molecule is CONC(=O)c1cn(-c2ccc3c(c2)CCC3)c2nc(Nc3ccc(C4=CCN(C)CC4)cc3)ncc2c1=O.CONC(=O)c1cn(-c2ccc3c(c2)CCC3)c2nc(Nc3ccc(CCN4CCC(F)(F)CC4)cc3)ncc2c1=O.CONC(=O)c1cn(-c2ccc3c(c2)CCC3)c2nc(Nc3ccc(CCN4CCCC(F)(F)C4)cc3)ncc2c1=O. The number of hydroxylamine groups is 3. The Labute approximate surface area is 705 Å². The molecule has 0 radical (unpaired) electrons. The van der Waals surface area contributed by atoms with E-state index in [0.717, 1.165) is 136 Å². The molecule has 0 spiro atoms. The largest absolute Gasteiger partial charge is 0.324 e. The minimum absolute atomic E-state index is 0.0333. The molecule has 2 saturated heterocycles. The van der Waals surface area contributed by atoms with Gasteiger partial charge in [-0.1, -0.05) is 60.7 Å². The molecular formula is C92H94F4N18O9. The summed E-state index contributed by atoms with van der Waals surface area (Å²) in [7, 11) is 6.07. The van der Waals surface area contributed by atoms with Crippen LogP contribution >= 0.6 is 0 Å². The predicted molar refractivity (Wildman–Crippen MR) is 463 cm³/mol. The number of carbonyl (C=O) groups is 3. The number of aryl methyl sites for hydroxylation is 6. The van der Waals surface area contributed by atoms with E-state index < -0.39 is 45.9 Å². The quantitative estimate of drug-likeness (QED) is 0.0271. The number of nitrogens with zero attached hydrogens (tertiary/aromatic N) is 12. The average molecular weight is 1670 g/mol. The van der Waals surface area contributed by atoms with E-state index in [1.54, 1.807) is 13.7 Å². The standard InChI is InChI=1S/2C31H32F2N6O3.C30H30N6O3/c1-42-37-29(41)26-18-39(24-11-8-21-4-2-5-22(21)16-24)28-25(27(26)40)17-34-30(36-28)35-23-9-6-20(7-10-23)12-15-38-14-3-13-31(32,33)19-38;1-42-37-29(41)26-19-39(24-10-7-21-3-2-4-22(21)17-24)28-25(27(26)40)18-34-30(36-28)35-23-8-5-20(6-9-23)11-14-38-15-12-31(32,33)13-16-38;1-35-14-12-21(13-15-35)20-6-9-23(10-7-20)32-30-31-17-25-27(37)26(29(38)34-39-2)18-36(28(25)33-30)24-11-8-19-4-3-5-22(19)16-24/h6-11,16-18H,2-5,12-15,19H2,1H3,(H,37,41)(H,34,35,36);5-10,17-19H,2-4,11-16H2,1H3,(H,37,41)(H,34,35,36);6-12,16-18H,3-5,13-15H2,1-2H3,(H,34,38)(H,31,32,33). The number of likely N-dealkylation sites (N-methyl/N-ethyl adjacent to an activating group) is 1. The van der Waals surface area contributed by atoms with Crippen LogP contribution < -0.4 is 48.7 Å². The Hall–Kier alpha value is -12.8. The summed E-state index contributed by atoms with van der Waals surface area (Å²) in [5.74, 6) is -6.13. The molecule has 6 aromatic heterocycles. The lowest BCUT2D eigenvalue weighted by Gasteiger charge is -2.32. The van der Waals surface area contributed by atoms with Gasteiger partial charge in [0, 0.05) is 130 Å². The molecule has 6 aromatic carbocycles. The van der Waals surface area contributed by atoms with Gasteiger partial charge in [-0.05, 0) is 226 Å². The van der Waals surface area contributed by atoms with Crippen LogP contribution in [0.4, 0.5) is 52.5 Å². The van der Waals surface area contributed by atoms with Crippen LogP contribution in [-0.4, -0.2) is 169 Å². The summed E-state index contributed by atoms with van der Waals surface area (Å²) in [6.07, 6.45) is 23.3. The van der Waals surface area contributed by atoms with Crippen molar-refractivity contribution < 1.29 is 46.5 Å². The summed E-state index contributed by atoms with van der Waals surface area (Å²) < 4.78 is 59.5. The maximum Gasteiger partial charge on any atom is 0.280 e. The number of likely N-dealkylation sites (tertiary alicyclic amines) is 2. The molecule has 634 valence electrons. The highest BCUT2D eigenvalue weighted by Crippen LogP contribution is 2.34. The van der Waals surface area contributed by atoms with Gasteiger partial charge in [0.05, 0.1) is 44.0 Å². The zero-order valence-corrected chi connectivity index (χ0v) is 68.7. The van der Waals surface area contributed by atoms with Crippen molar-refractivity contribution in [2.45, 2.75) is 115 Å². The van der Waals surface area contributed by atoms with Gasteiger partial charge in [-0.2, -0.15) is 15.0 Å². The van der Waals surface area contributed by atoms with Crippen molar-refractivity contribution in [3.8, 4) is 17.1 Å². The van der Waals surface area contributed by atoms with Gasteiger partial charge in [-0.15, -0.1) is 0 Å². The summed E-state index contributed by atoms with van der Waals surface area (Å²) >= 11 is 0. The lowest BCUT2D eigenvalue weighted by Crippen LogP contribution is -2.43. The van der Waals surface area contributed by atoms with Crippen molar-refractivity contribution in [2.24, 2.45) is 0 Å². The van der Waals surface area contributed by atoms with Crippen molar-refractivity contribution in [1.29, 1.82) is 0 Å². The third-order valence-electron chi connectivity index (χ3n) is 23.5. The molecule has 0 unspecified atom stereocenters. The third kappa shape index (κ3) is 19.4. The third-order valence-corrected chi connectivity index (χ3v) is 23.5. The number of halogens is 4. The number of rotatable bonds is 22. The van der Waals surface area contributed by atoms with Gasteiger partial charge in [-0.3, -0.25) is 48.2 Å². The summed E-state index contributed by atoms with van der Waals surface area (Å²) in [6, 6.07) is 42.2. The highest BCUT2D eigenvalue weighted by molar-refractivity contribution is 5.98. The normalized spacial score (nSPS) is 16.0. The number of amides is 3. The number of hydrogen-bond donors (Lipinski definition) is 6. The van der Waals surface area contributed by atoms with Gasteiger partial charge in [0.15, 0.2) is 16.9 Å². The average Bonchev–Trinajstić information content (AvgIpc) is 1.61. The van der Waals surface area contributed by atoms with Gasteiger partial charge in [-0.25, -0.2) is 49.0 Å².